The highest BCUT2D eigenvalue weighted by molar-refractivity contribution is 5.79. The number of hydrogen-bond donors (Lipinski definition) is 1. The number of nitrogens with zero attached hydrogens (tertiary/aromatic N) is 1. The number of unbranched alkanes of at least 4 members (excludes halogenated alkanes) is 3. The molecule has 1 amide bonds. The Kier molecular flexibility index (Phi) is 8.92. The number of amides is 1. The second-order valence-electron chi connectivity index (χ2n) is 6.40. The first kappa shape index (κ1) is 17.5. The van der Waals surface area contributed by atoms with Crippen molar-refractivity contribution in [1.82, 2.24) is 10.2 Å². The molecule has 0 spiro atoms. The van der Waals surface area contributed by atoms with Gasteiger partial charge in [0.25, 0.3) is 0 Å². The largest absolute Gasteiger partial charge is 0.353 e. The zero-order valence-electron chi connectivity index (χ0n) is 13.8. The molecular formula is C17H34N2O. The molecule has 118 valence electrons. The van der Waals surface area contributed by atoms with E-state index in [2.05, 4.69) is 31.0 Å². The van der Waals surface area contributed by atoms with Crippen molar-refractivity contribution in [3.8, 4) is 0 Å². The van der Waals surface area contributed by atoms with Gasteiger partial charge in [-0.2, -0.15) is 0 Å². The van der Waals surface area contributed by atoms with E-state index in [0.717, 1.165) is 25.8 Å². The van der Waals surface area contributed by atoms with Crippen molar-refractivity contribution >= 4 is 5.91 Å². The highest BCUT2D eigenvalue weighted by Gasteiger charge is 2.25. The molecule has 0 aliphatic carbocycles. The molecule has 20 heavy (non-hydrogen) atoms. The van der Waals surface area contributed by atoms with Gasteiger partial charge in [-0.15, -0.1) is 0 Å². The summed E-state index contributed by atoms with van der Waals surface area (Å²) in [6, 6.07) is 0.326. The summed E-state index contributed by atoms with van der Waals surface area (Å²) in [7, 11) is 0. The number of hydrogen-bond acceptors (Lipinski definition) is 2. The van der Waals surface area contributed by atoms with Gasteiger partial charge in [0.1, 0.15) is 0 Å². The van der Waals surface area contributed by atoms with Crippen LogP contribution in [0.2, 0.25) is 0 Å². The van der Waals surface area contributed by atoms with E-state index in [0.29, 0.717) is 6.04 Å². The Morgan fingerprint density at radius 2 is 2.05 bits per heavy atom. The molecule has 1 saturated heterocycles. The molecule has 1 rings (SSSR count). The molecule has 3 nitrogen and oxygen atoms in total. The highest BCUT2D eigenvalue weighted by atomic mass is 16.2. The van der Waals surface area contributed by atoms with Crippen LogP contribution in [0.3, 0.4) is 0 Å². The third-order valence-electron chi connectivity index (χ3n) is 4.31. The minimum Gasteiger partial charge on any atom is -0.353 e. The van der Waals surface area contributed by atoms with Crippen molar-refractivity contribution in [1.29, 1.82) is 0 Å². The monoisotopic (exact) mass is 282 g/mol. The van der Waals surface area contributed by atoms with Crippen LogP contribution < -0.4 is 5.32 Å². The summed E-state index contributed by atoms with van der Waals surface area (Å²) >= 11 is 0. The van der Waals surface area contributed by atoms with Crippen LogP contribution in [0, 0.1) is 5.92 Å². The van der Waals surface area contributed by atoms with Crippen LogP contribution in [-0.2, 0) is 4.79 Å². The van der Waals surface area contributed by atoms with Crippen molar-refractivity contribution < 1.29 is 4.79 Å². The van der Waals surface area contributed by atoms with Gasteiger partial charge in [-0.05, 0) is 45.7 Å². The van der Waals surface area contributed by atoms with E-state index in [1.165, 1.54) is 45.2 Å². The van der Waals surface area contributed by atoms with Gasteiger partial charge in [-0.1, -0.05) is 39.5 Å². The lowest BCUT2D eigenvalue weighted by Crippen LogP contribution is -2.45. The van der Waals surface area contributed by atoms with Gasteiger partial charge in [0, 0.05) is 12.6 Å². The van der Waals surface area contributed by atoms with E-state index in [9.17, 15) is 4.79 Å². The molecule has 3 heteroatoms. The van der Waals surface area contributed by atoms with Crippen LogP contribution in [0.5, 0.6) is 0 Å². The highest BCUT2D eigenvalue weighted by Crippen LogP contribution is 2.18. The summed E-state index contributed by atoms with van der Waals surface area (Å²) in [4.78, 5) is 14.8. The molecular weight excluding hydrogens is 248 g/mol. The van der Waals surface area contributed by atoms with E-state index < -0.39 is 0 Å². The fraction of sp³-hybridized carbons (Fsp3) is 0.941. The number of likely N-dealkylation sites (tertiary alicyclic amines) is 1. The second-order valence-corrected chi connectivity index (χ2v) is 6.40. The van der Waals surface area contributed by atoms with Gasteiger partial charge in [-0.3, -0.25) is 4.79 Å². The summed E-state index contributed by atoms with van der Waals surface area (Å²) in [6.07, 6.45) is 9.71. The second kappa shape index (κ2) is 10.2. The molecule has 2 unspecified atom stereocenters. The normalized spacial score (nSPS) is 21.6. The molecule has 0 bridgehead atoms. The Bertz CT molecular complexity index is 268. The van der Waals surface area contributed by atoms with Crippen molar-refractivity contribution in [3.05, 3.63) is 0 Å². The van der Waals surface area contributed by atoms with Gasteiger partial charge in [0.2, 0.25) is 5.91 Å². The topological polar surface area (TPSA) is 32.3 Å². The molecule has 1 N–H and O–H groups in total. The zero-order valence-corrected chi connectivity index (χ0v) is 13.8. The van der Waals surface area contributed by atoms with Crippen LogP contribution in [0.25, 0.3) is 0 Å². The maximum atomic E-state index is 12.3. The Balaban J connectivity index is 2.26. The molecule has 0 aromatic rings. The predicted octanol–water partition coefficient (Wildman–Crippen LogP) is 3.58. The van der Waals surface area contributed by atoms with E-state index in [1.54, 1.807) is 0 Å². The number of nitrogens with one attached hydrogen (secondary N) is 1. The average Bonchev–Trinajstić information content (AvgIpc) is 2.44. The third kappa shape index (κ3) is 6.74. The maximum absolute atomic E-state index is 12.3. The van der Waals surface area contributed by atoms with Crippen LogP contribution in [-0.4, -0.2) is 36.5 Å². The SMILES string of the molecule is CCCCCCN1CCCC(C(=O)NC(C)CCC)C1. The molecule has 1 aliphatic heterocycles. The summed E-state index contributed by atoms with van der Waals surface area (Å²) in [5.74, 6) is 0.499. The van der Waals surface area contributed by atoms with E-state index >= 15 is 0 Å². The summed E-state index contributed by atoms with van der Waals surface area (Å²) in [6.45, 7) is 9.86. The van der Waals surface area contributed by atoms with Gasteiger partial charge in [-0.25, -0.2) is 0 Å². The summed E-state index contributed by atoms with van der Waals surface area (Å²) in [5, 5.41) is 3.18. The first-order chi connectivity index (χ1) is 9.67. The Labute approximate surface area is 125 Å². The first-order valence-corrected chi connectivity index (χ1v) is 8.70. The lowest BCUT2D eigenvalue weighted by Gasteiger charge is -2.32. The van der Waals surface area contributed by atoms with Gasteiger partial charge >= 0.3 is 0 Å². The van der Waals surface area contributed by atoms with Crippen molar-refractivity contribution in [2.45, 2.75) is 78.2 Å². The van der Waals surface area contributed by atoms with Crippen LogP contribution >= 0.6 is 0 Å². The minimum atomic E-state index is 0.217. The Hall–Kier alpha value is -0.570. The number of carbonyl (C=O) groups is 1. The van der Waals surface area contributed by atoms with Gasteiger partial charge in [0.15, 0.2) is 0 Å². The van der Waals surface area contributed by atoms with Gasteiger partial charge in [0.05, 0.1) is 5.92 Å². The Morgan fingerprint density at radius 1 is 1.25 bits per heavy atom. The number of piperidine rings is 1. The Morgan fingerprint density at radius 3 is 2.75 bits per heavy atom. The lowest BCUT2D eigenvalue weighted by atomic mass is 9.96. The summed E-state index contributed by atoms with van der Waals surface area (Å²) in [5.41, 5.74) is 0. The first-order valence-electron chi connectivity index (χ1n) is 8.70. The van der Waals surface area contributed by atoms with Crippen LogP contribution in [0.1, 0.15) is 72.1 Å². The molecule has 0 aromatic heterocycles. The third-order valence-corrected chi connectivity index (χ3v) is 4.31. The molecule has 1 aliphatic rings. The summed E-state index contributed by atoms with van der Waals surface area (Å²) < 4.78 is 0. The molecule has 0 saturated carbocycles. The fourth-order valence-electron chi connectivity index (χ4n) is 3.10. The van der Waals surface area contributed by atoms with E-state index in [4.69, 9.17) is 0 Å². The van der Waals surface area contributed by atoms with Crippen LogP contribution in [0.15, 0.2) is 0 Å². The quantitative estimate of drug-likeness (QED) is 0.656. The number of rotatable bonds is 9. The smallest absolute Gasteiger partial charge is 0.224 e. The standard InChI is InChI=1S/C17H34N2O/c1-4-6-7-8-12-19-13-9-11-16(14-19)17(20)18-15(3)10-5-2/h15-16H,4-14H2,1-3H3,(H,18,20). The predicted molar refractivity (Wildman–Crippen MR) is 85.8 cm³/mol. The average molecular weight is 282 g/mol. The van der Waals surface area contributed by atoms with Crippen LogP contribution in [0.4, 0.5) is 0 Å². The molecule has 2 atom stereocenters. The molecule has 0 aromatic carbocycles. The maximum Gasteiger partial charge on any atom is 0.224 e. The van der Waals surface area contributed by atoms with E-state index in [1.807, 2.05) is 0 Å². The van der Waals surface area contributed by atoms with Crippen molar-refractivity contribution in [2.24, 2.45) is 5.92 Å². The van der Waals surface area contributed by atoms with E-state index in [-0.39, 0.29) is 11.8 Å². The van der Waals surface area contributed by atoms with Gasteiger partial charge < -0.3 is 10.2 Å². The minimum absolute atomic E-state index is 0.217. The zero-order chi connectivity index (χ0) is 14.8. The van der Waals surface area contributed by atoms with Crippen molar-refractivity contribution in [3.63, 3.8) is 0 Å². The molecule has 1 fully saturated rings. The molecule has 1 heterocycles. The fourth-order valence-corrected chi connectivity index (χ4v) is 3.10. The van der Waals surface area contributed by atoms with Crippen molar-refractivity contribution in [2.75, 3.05) is 19.6 Å². The molecule has 0 radical (unpaired) electrons. The number of carbonyl (C=O) groups excluding carboxylic acids is 1. The lowest BCUT2D eigenvalue weighted by molar-refractivity contribution is -0.127.